The summed E-state index contributed by atoms with van der Waals surface area (Å²) < 4.78 is 10.4. The van der Waals surface area contributed by atoms with Crippen molar-refractivity contribution in [1.29, 1.82) is 0 Å². The monoisotopic (exact) mass is 355 g/mol. The molecule has 0 aliphatic rings. The van der Waals surface area contributed by atoms with Gasteiger partial charge in [-0.25, -0.2) is 5.43 Å². The van der Waals surface area contributed by atoms with Gasteiger partial charge in [-0.05, 0) is 48.0 Å². The van der Waals surface area contributed by atoms with Crippen LogP contribution in [0.1, 0.15) is 29.3 Å². The van der Waals surface area contributed by atoms with E-state index in [1.807, 2.05) is 0 Å². The maximum Gasteiger partial charge on any atom is 0.271 e. The summed E-state index contributed by atoms with van der Waals surface area (Å²) in [5.41, 5.74) is 4.28. The third-order valence-electron chi connectivity index (χ3n) is 3.54. The normalized spacial score (nSPS) is 10.4. The summed E-state index contributed by atoms with van der Waals surface area (Å²) in [6.45, 7) is 1.77. The van der Waals surface area contributed by atoms with Gasteiger partial charge in [-0.2, -0.15) is 5.10 Å². The molecule has 26 heavy (non-hydrogen) atoms. The van der Waals surface area contributed by atoms with E-state index in [1.54, 1.807) is 63.6 Å². The molecule has 2 aromatic carbocycles. The number of anilines is 1. The van der Waals surface area contributed by atoms with Gasteiger partial charge in [-0.15, -0.1) is 0 Å². The summed E-state index contributed by atoms with van der Waals surface area (Å²) in [5.74, 6) is 0.758. The predicted octanol–water partition coefficient (Wildman–Crippen LogP) is 2.82. The molecule has 0 fully saturated rings. The Kier molecular flexibility index (Phi) is 6.73. The van der Waals surface area contributed by atoms with Gasteiger partial charge in [-0.3, -0.25) is 9.59 Å². The number of amides is 2. The Labute approximate surface area is 152 Å². The molecular formula is C19H21N3O4. The zero-order valence-corrected chi connectivity index (χ0v) is 14.9. The van der Waals surface area contributed by atoms with Gasteiger partial charge in [0.2, 0.25) is 5.91 Å². The number of carbonyl (C=O) groups excluding carboxylic acids is 2. The SMILES string of the molecule is CCC(=O)Nc1ccc(C(=O)N/N=C/c2ccc(OC)c(OC)c2)cc1. The highest BCUT2D eigenvalue weighted by Crippen LogP contribution is 2.26. The molecule has 2 aromatic rings. The zero-order valence-electron chi connectivity index (χ0n) is 14.9. The number of rotatable bonds is 7. The van der Waals surface area contributed by atoms with Crippen LogP contribution in [0.4, 0.5) is 5.69 Å². The van der Waals surface area contributed by atoms with Crippen molar-refractivity contribution in [3.8, 4) is 11.5 Å². The number of hydrogen-bond acceptors (Lipinski definition) is 5. The molecule has 0 radical (unpaired) electrons. The first-order chi connectivity index (χ1) is 12.6. The molecule has 136 valence electrons. The highest BCUT2D eigenvalue weighted by atomic mass is 16.5. The molecule has 0 heterocycles. The van der Waals surface area contributed by atoms with Gasteiger partial charge in [0.1, 0.15) is 0 Å². The van der Waals surface area contributed by atoms with Gasteiger partial charge >= 0.3 is 0 Å². The lowest BCUT2D eigenvalue weighted by molar-refractivity contribution is -0.115. The second-order valence-electron chi connectivity index (χ2n) is 5.29. The van der Waals surface area contributed by atoms with E-state index in [0.29, 0.717) is 29.2 Å². The number of hydrazone groups is 1. The molecular weight excluding hydrogens is 334 g/mol. The second-order valence-corrected chi connectivity index (χ2v) is 5.29. The van der Waals surface area contributed by atoms with Crippen molar-refractivity contribution < 1.29 is 19.1 Å². The van der Waals surface area contributed by atoms with Crippen LogP contribution in [0, 0.1) is 0 Å². The molecule has 2 amide bonds. The summed E-state index contributed by atoms with van der Waals surface area (Å²) in [4.78, 5) is 23.4. The minimum absolute atomic E-state index is 0.0817. The molecule has 0 unspecified atom stereocenters. The van der Waals surface area contributed by atoms with Crippen LogP contribution < -0.4 is 20.2 Å². The van der Waals surface area contributed by atoms with Crippen molar-refractivity contribution in [3.63, 3.8) is 0 Å². The van der Waals surface area contributed by atoms with Crippen LogP contribution in [0.5, 0.6) is 11.5 Å². The number of ether oxygens (including phenoxy) is 2. The van der Waals surface area contributed by atoms with E-state index < -0.39 is 0 Å². The lowest BCUT2D eigenvalue weighted by atomic mass is 10.2. The van der Waals surface area contributed by atoms with Crippen molar-refractivity contribution in [1.82, 2.24) is 5.43 Å². The molecule has 0 aliphatic heterocycles. The van der Waals surface area contributed by atoms with E-state index in [4.69, 9.17) is 9.47 Å². The lowest BCUT2D eigenvalue weighted by Crippen LogP contribution is -2.17. The van der Waals surface area contributed by atoms with Crippen LogP contribution in [0.15, 0.2) is 47.6 Å². The van der Waals surface area contributed by atoms with Crippen LogP contribution in [0.2, 0.25) is 0 Å². The Balaban J connectivity index is 1.97. The first-order valence-corrected chi connectivity index (χ1v) is 8.02. The summed E-state index contributed by atoms with van der Waals surface area (Å²) >= 11 is 0. The Bertz CT molecular complexity index is 801. The van der Waals surface area contributed by atoms with Crippen molar-refractivity contribution in [2.24, 2.45) is 5.10 Å². The Hall–Kier alpha value is -3.35. The number of hydrogen-bond donors (Lipinski definition) is 2. The van der Waals surface area contributed by atoms with Crippen molar-refractivity contribution >= 4 is 23.7 Å². The first kappa shape index (κ1) is 19.0. The Morgan fingerprint density at radius 3 is 2.35 bits per heavy atom. The molecule has 7 nitrogen and oxygen atoms in total. The number of nitrogens with one attached hydrogen (secondary N) is 2. The lowest BCUT2D eigenvalue weighted by Gasteiger charge is -2.07. The van der Waals surface area contributed by atoms with Gasteiger partial charge in [-0.1, -0.05) is 6.92 Å². The van der Waals surface area contributed by atoms with Gasteiger partial charge < -0.3 is 14.8 Å². The number of carbonyl (C=O) groups is 2. The van der Waals surface area contributed by atoms with E-state index in [0.717, 1.165) is 5.56 Å². The third-order valence-corrected chi connectivity index (χ3v) is 3.54. The fraction of sp³-hybridized carbons (Fsp3) is 0.211. The highest BCUT2D eigenvalue weighted by molar-refractivity contribution is 5.96. The molecule has 2 rings (SSSR count). The minimum Gasteiger partial charge on any atom is -0.493 e. The molecule has 0 saturated heterocycles. The van der Waals surface area contributed by atoms with Crippen LogP contribution in [-0.2, 0) is 4.79 Å². The van der Waals surface area contributed by atoms with Crippen LogP contribution in [0.3, 0.4) is 0 Å². The summed E-state index contributed by atoms with van der Waals surface area (Å²) in [7, 11) is 3.11. The average molecular weight is 355 g/mol. The molecule has 0 atom stereocenters. The number of nitrogens with zero attached hydrogens (tertiary/aromatic N) is 1. The predicted molar refractivity (Wildman–Crippen MR) is 100.0 cm³/mol. The van der Waals surface area contributed by atoms with Crippen molar-refractivity contribution in [2.75, 3.05) is 19.5 Å². The maximum atomic E-state index is 12.1. The number of benzene rings is 2. The average Bonchev–Trinajstić information content (AvgIpc) is 2.68. The van der Waals surface area contributed by atoms with Crippen LogP contribution >= 0.6 is 0 Å². The fourth-order valence-electron chi connectivity index (χ4n) is 2.12. The van der Waals surface area contributed by atoms with Crippen LogP contribution in [0.25, 0.3) is 0 Å². The van der Waals surface area contributed by atoms with E-state index in [9.17, 15) is 9.59 Å². The molecule has 0 saturated carbocycles. The van der Waals surface area contributed by atoms with E-state index in [1.165, 1.54) is 6.21 Å². The summed E-state index contributed by atoms with van der Waals surface area (Å²) in [6, 6.07) is 11.9. The molecule has 0 bridgehead atoms. The topological polar surface area (TPSA) is 89.0 Å². The first-order valence-electron chi connectivity index (χ1n) is 8.02. The molecule has 0 spiro atoms. The standard InChI is InChI=1S/C19H21N3O4/c1-4-18(23)21-15-8-6-14(7-9-15)19(24)22-20-12-13-5-10-16(25-2)17(11-13)26-3/h5-12H,4H2,1-3H3,(H,21,23)(H,22,24)/b20-12+. The van der Waals surface area contributed by atoms with Crippen molar-refractivity contribution in [3.05, 3.63) is 53.6 Å². The van der Waals surface area contributed by atoms with Gasteiger partial charge in [0.25, 0.3) is 5.91 Å². The molecule has 7 heteroatoms. The Morgan fingerprint density at radius 2 is 1.73 bits per heavy atom. The van der Waals surface area contributed by atoms with Gasteiger partial charge in [0, 0.05) is 17.7 Å². The Morgan fingerprint density at radius 1 is 1.04 bits per heavy atom. The second kappa shape index (κ2) is 9.22. The fourth-order valence-corrected chi connectivity index (χ4v) is 2.12. The summed E-state index contributed by atoms with van der Waals surface area (Å²) in [6.07, 6.45) is 1.91. The van der Waals surface area contributed by atoms with Gasteiger partial charge in [0.05, 0.1) is 20.4 Å². The van der Waals surface area contributed by atoms with Crippen LogP contribution in [-0.4, -0.2) is 32.2 Å². The molecule has 2 N–H and O–H groups in total. The number of methoxy groups -OCH3 is 2. The van der Waals surface area contributed by atoms with Crippen molar-refractivity contribution in [2.45, 2.75) is 13.3 Å². The highest BCUT2D eigenvalue weighted by Gasteiger charge is 2.06. The third kappa shape index (κ3) is 5.07. The minimum atomic E-state index is -0.352. The molecule has 0 aromatic heterocycles. The molecule has 0 aliphatic carbocycles. The van der Waals surface area contributed by atoms with E-state index in [2.05, 4.69) is 15.8 Å². The quantitative estimate of drug-likeness (QED) is 0.590. The zero-order chi connectivity index (χ0) is 18.9. The smallest absolute Gasteiger partial charge is 0.271 e. The van der Waals surface area contributed by atoms with Gasteiger partial charge in [0.15, 0.2) is 11.5 Å². The maximum absolute atomic E-state index is 12.1. The van der Waals surface area contributed by atoms with E-state index in [-0.39, 0.29) is 11.8 Å². The summed E-state index contributed by atoms with van der Waals surface area (Å²) in [5, 5.41) is 6.66. The van der Waals surface area contributed by atoms with E-state index >= 15 is 0 Å². The largest absolute Gasteiger partial charge is 0.493 e.